The number of nitrogens with one attached hydrogen (secondary N) is 2. The minimum atomic E-state index is -0.607. The minimum absolute atomic E-state index is 0.154. The Labute approximate surface area is 160 Å². The SMILES string of the molecule is CCNC(=O)c1ccc(NC(=O)C2CCCCN2C(=O)OC(C)(C)C)cc1. The van der Waals surface area contributed by atoms with Crippen LogP contribution in [0.2, 0.25) is 0 Å². The molecule has 1 aromatic carbocycles. The molecule has 1 atom stereocenters. The lowest BCUT2D eigenvalue weighted by Crippen LogP contribution is -2.51. The Balaban J connectivity index is 2.04. The molecule has 7 heteroatoms. The van der Waals surface area contributed by atoms with Gasteiger partial charge in [0.25, 0.3) is 5.91 Å². The highest BCUT2D eigenvalue weighted by Gasteiger charge is 2.34. The van der Waals surface area contributed by atoms with Gasteiger partial charge in [0.15, 0.2) is 0 Å². The molecule has 1 aliphatic heterocycles. The molecule has 1 heterocycles. The van der Waals surface area contributed by atoms with Crippen LogP contribution in [0.15, 0.2) is 24.3 Å². The van der Waals surface area contributed by atoms with Gasteiger partial charge in [0.05, 0.1) is 0 Å². The van der Waals surface area contributed by atoms with Crippen molar-refractivity contribution >= 4 is 23.6 Å². The second kappa shape index (κ2) is 8.88. The summed E-state index contributed by atoms with van der Waals surface area (Å²) in [6.45, 7) is 8.33. The zero-order valence-corrected chi connectivity index (χ0v) is 16.5. The first kappa shape index (κ1) is 20.7. The van der Waals surface area contributed by atoms with Crippen LogP contribution in [0.1, 0.15) is 57.3 Å². The van der Waals surface area contributed by atoms with E-state index in [1.807, 2.05) is 6.92 Å². The van der Waals surface area contributed by atoms with Gasteiger partial charge in [0.1, 0.15) is 11.6 Å². The Hall–Kier alpha value is -2.57. The van der Waals surface area contributed by atoms with E-state index in [0.717, 1.165) is 12.8 Å². The number of likely N-dealkylation sites (tertiary alicyclic amines) is 1. The highest BCUT2D eigenvalue weighted by atomic mass is 16.6. The van der Waals surface area contributed by atoms with Gasteiger partial charge >= 0.3 is 6.09 Å². The fraction of sp³-hybridized carbons (Fsp3) is 0.550. The number of carbonyl (C=O) groups excluding carboxylic acids is 3. The summed E-state index contributed by atoms with van der Waals surface area (Å²) in [6, 6.07) is 6.13. The maximum atomic E-state index is 12.7. The van der Waals surface area contributed by atoms with E-state index in [1.54, 1.807) is 45.0 Å². The van der Waals surface area contributed by atoms with Crippen LogP contribution in [0.5, 0.6) is 0 Å². The molecule has 1 aliphatic rings. The van der Waals surface area contributed by atoms with Crippen molar-refractivity contribution in [2.24, 2.45) is 0 Å². The number of benzene rings is 1. The summed E-state index contributed by atoms with van der Waals surface area (Å²) in [7, 11) is 0. The van der Waals surface area contributed by atoms with E-state index < -0.39 is 17.7 Å². The van der Waals surface area contributed by atoms with Gasteiger partial charge in [0, 0.05) is 24.3 Å². The first-order chi connectivity index (χ1) is 12.7. The van der Waals surface area contributed by atoms with Gasteiger partial charge in [-0.25, -0.2) is 4.79 Å². The van der Waals surface area contributed by atoms with Crippen LogP contribution in [-0.2, 0) is 9.53 Å². The van der Waals surface area contributed by atoms with Crippen LogP contribution in [-0.4, -0.2) is 47.5 Å². The number of nitrogens with zero attached hydrogens (tertiary/aromatic N) is 1. The van der Waals surface area contributed by atoms with Gasteiger partial charge in [-0.1, -0.05) is 0 Å². The summed E-state index contributed by atoms with van der Waals surface area (Å²) < 4.78 is 5.44. The van der Waals surface area contributed by atoms with Gasteiger partial charge in [-0.2, -0.15) is 0 Å². The average Bonchev–Trinajstić information content (AvgIpc) is 2.61. The fourth-order valence-electron chi connectivity index (χ4n) is 2.94. The summed E-state index contributed by atoms with van der Waals surface area (Å²) in [5.41, 5.74) is 0.510. The van der Waals surface area contributed by atoms with Crippen molar-refractivity contribution in [2.45, 2.75) is 58.6 Å². The van der Waals surface area contributed by atoms with E-state index in [1.165, 1.54) is 4.90 Å². The maximum absolute atomic E-state index is 12.7. The number of rotatable bonds is 4. The molecule has 2 rings (SSSR count). The number of hydrogen-bond acceptors (Lipinski definition) is 4. The summed E-state index contributed by atoms with van der Waals surface area (Å²) in [4.78, 5) is 38.5. The highest BCUT2D eigenvalue weighted by molar-refractivity contribution is 5.98. The van der Waals surface area contributed by atoms with Crippen LogP contribution in [0.25, 0.3) is 0 Å². The van der Waals surface area contributed by atoms with E-state index in [0.29, 0.717) is 30.8 Å². The molecule has 0 spiro atoms. The third kappa shape index (κ3) is 5.98. The quantitative estimate of drug-likeness (QED) is 0.846. The molecule has 27 heavy (non-hydrogen) atoms. The zero-order valence-electron chi connectivity index (χ0n) is 16.5. The van der Waals surface area contributed by atoms with E-state index in [-0.39, 0.29) is 11.8 Å². The number of piperidine rings is 1. The molecule has 0 aliphatic carbocycles. The Morgan fingerprint density at radius 3 is 2.41 bits per heavy atom. The summed E-state index contributed by atoms with van der Waals surface area (Å²) in [5, 5.41) is 5.56. The van der Waals surface area contributed by atoms with Crippen molar-refractivity contribution in [3.63, 3.8) is 0 Å². The van der Waals surface area contributed by atoms with Crippen molar-refractivity contribution in [3.8, 4) is 0 Å². The number of ether oxygens (including phenoxy) is 1. The lowest BCUT2D eigenvalue weighted by Gasteiger charge is -2.35. The molecular weight excluding hydrogens is 346 g/mol. The maximum Gasteiger partial charge on any atom is 0.410 e. The molecule has 1 unspecified atom stereocenters. The molecule has 148 valence electrons. The normalized spacial score (nSPS) is 17.2. The third-order valence-electron chi connectivity index (χ3n) is 4.19. The molecule has 3 amide bonds. The molecule has 1 fully saturated rings. The fourth-order valence-corrected chi connectivity index (χ4v) is 2.94. The molecule has 1 aromatic rings. The van der Waals surface area contributed by atoms with E-state index in [9.17, 15) is 14.4 Å². The van der Waals surface area contributed by atoms with Crippen molar-refractivity contribution in [3.05, 3.63) is 29.8 Å². The minimum Gasteiger partial charge on any atom is -0.444 e. The summed E-state index contributed by atoms with van der Waals surface area (Å²) in [5.74, 6) is -0.398. The molecule has 1 saturated heterocycles. The van der Waals surface area contributed by atoms with Gasteiger partial charge in [-0.05, 0) is 71.2 Å². The summed E-state index contributed by atoms with van der Waals surface area (Å²) in [6.07, 6.45) is 1.87. The van der Waals surface area contributed by atoms with Crippen molar-refractivity contribution < 1.29 is 19.1 Å². The van der Waals surface area contributed by atoms with Crippen LogP contribution < -0.4 is 10.6 Å². The van der Waals surface area contributed by atoms with Gasteiger partial charge in [0.2, 0.25) is 5.91 Å². The van der Waals surface area contributed by atoms with E-state index >= 15 is 0 Å². The number of carbonyl (C=O) groups is 3. The topological polar surface area (TPSA) is 87.7 Å². The molecule has 0 aromatic heterocycles. The predicted molar refractivity (Wildman–Crippen MR) is 104 cm³/mol. The van der Waals surface area contributed by atoms with E-state index in [2.05, 4.69) is 10.6 Å². The van der Waals surface area contributed by atoms with Crippen molar-refractivity contribution in [1.29, 1.82) is 0 Å². The average molecular weight is 375 g/mol. The van der Waals surface area contributed by atoms with Crippen LogP contribution in [0.4, 0.5) is 10.5 Å². The van der Waals surface area contributed by atoms with Gasteiger partial charge in [-0.3, -0.25) is 14.5 Å². The van der Waals surface area contributed by atoms with E-state index in [4.69, 9.17) is 4.74 Å². The monoisotopic (exact) mass is 375 g/mol. The van der Waals surface area contributed by atoms with Gasteiger partial charge < -0.3 is 15.4 Å². The lowest BCUT2D eigenvalue weighted by molar-refractivity contribution is -0.122. The standard InChI is InChI=1S/C20H29N3O4/c1-5-21-17(24)14-9-11-15(12-10-14)22-18(25)16-8-6-7-13-23(16)19(26)27-20(2,3)4/h9-12,16H,5-8,13H2,1-4H3,(H,21,24)(H,22,25). The van der Waals surface area contributed by atoms with Gasteiger partial charge in [-0.15, -0.1) is 0 Å². The van der Waals surface area contributed by atoms with Crippen LogP contribution in [0, 0.1) is 0 Å². The smallest absolute Gasteiger partial charge is 0.410 e. The Bertz CT molecular complexity index is 679. The first-order valence-corrected chi connectivity index (χ1v) is 9.40. The number of amides is 3. The predicted octanol–water partition coefficient (Wildman–Crippen LogP) is 3.16. The molecule has 7 nitrogen and oxygen atoms in total. The Morgan fingerprint density at radius 2 is 1.81 bits per heavy atom. The van der Waals surface area contributed by atoms with Crippen LogP contribution >= 0.6 is 0 Å². The van der Waals surface area contributed by atoms with Crippen molar-refractivity contribution in [1.82, 2.24) is 10.2 Å². The Kier molecular flexibility index (Phi) is 6.82. The second-order valence-electron chi connectivity index (χ2n) is 7.61. The molecule has 0 saturated carbocycles. The van der Waals surface area contributed by atoms with Crippen molar-refractivity contribution in [2.75, 3.05) is 18.4 Å². The first-order valence-electron chi connectivity index (χ1n) is 9.40. The molecule has 0 radical (unpaired) electrons. The molecule has 2 N–H and O–H groups in total. The zero-order chi connectivity index (χ0) is 20.0. The Morgan fingerprint density at radius 1 is 1.15 bits per heavy atom. The summed E-state index contributed by atoms with van der Waals surface area (Å²) >= 11 is 0. The molecule has 0 bridgehead atoms. The molecular formula is C20H29N3O4. The second-order valence-corrected chi connectivity index (χ2v) is 7.61. The lowest BCUT2D eigenvalue weighted by atomic mass is 10.0. The highest BCUT2D eigenvalue weighted by Crippen LogP contribution is 2.22. The van der Waals surface area contributed by atoms with Crippen LogP contribution in [0.3, 0.4) is 0 Å². The largest absolute Gasteiger partial charge is 0.444 e. The third-order valence-corrected chi connectivity index (χ3v) is 4.19. The number of anilines is 1. The number of hydrogen-bond donors (Lipinski definition) is 2.